The van der Waals surface area contributed by atoms with Crippen LogP contribution in [0.15, 0.2) is 30.8 Å². The summed E-state index contributed by atoms with van der Waals surface area (Å²) in [7, 11) is -0.196. The molecule has 1 aromatic carbocycles. The molecule has 0 fully saturated rings. The summed E-state index contributed by atoms with van der Waals surface area (Å²) in [4.78, 5) is 0. The smallest absolute Gasteiger partial charge is 0.334 e. The third kappa shape index (κ3) is 4.46. The molecule has 3 heteroatoms. The zero-order chi connectivity index (χ0) is 12.7. The highest BCUT2D eigenvalue weighted by Crippen LogP contribution is 2.17. The molecule has 0 N–H and O–H groups in total. The molecule has 0 saturated carbocycles. The van der Waals surface area contributed by atoms with Gasteiger partial charge in [-0.2, -0.15) is 0 Å². The lowest BCUT2D eigenvalue weighted by Gasteiger charge is -2.24. The molecule has 1 atom stereocenters. The van der Waals surface area contributed by atoms with E-state index in [-0.39, 0.29) is 0 Å². The largest absolute Gasteiger partial charge is 0.398 e. The van der Waals surface area contributed by atoms with Crippen molar-refractivity contribution in [2.24, 2.45) is 0 Å². The number of hydrogen-bond acceptors (Lipinski definition) is 2. The van der Waals surface area contributed by atoms with Crippen molar-refractivity contribution in [2.75, 3.05) is 7.11 Å². The van der Waals surface area contributed by atoms with Crippen molar-refractivity contribution in [3.05, 3.63) is 42.0 Å². The fraction of sp³-hybridized carbons (Fsp3) is 0.429. The minimum atomic E-state index is -1.95. The highest BCUT2D eigenvalue weighted by Gasteiger charge is 2.28. The van der Waals surface area contributed by atoms with Crippen LogP contribution < -0.4 is 0 Å². The maximum absolute atomic E-state index is 5.97. The van der Waals surface area contributed by atoms with Crippen LogP contribution in [0.2, 0.25) is 12.6 Å². The minimum absolute atomic E-state index is 0.633. The van der Waals surface area contributed by atoms with Gasteiger partial charge < -0.3 is 8.85 Å². The lowest BCUT2D eigenvalue weighted by atomic mass is 10.1. The normalized spacial score (nSPS) is 14.3. The predicted molar refractivity (Wildman–Crippen MR) is 75.0 cm³/mol. The molecule has 0 aliphatic heterocycles. The zero-order valence-corrected chi connectivity index (χ0v) is 12.0. The van der Waals surface area contributed by atoms with Crippen molar-refractivity contribution in [3.63, 3.8) is 0 Å². The molecule has 94 valence electrons. The Labute approximate surface area is 106 Å². The van der Waals surface area contributed by atoms with E-state index in [1.807, 2.05) is 6.08 Å². The van der Waals surface area contributed by atoms with Crippen molar-refractivity contribution < 1.29 is 8.85 Å². The lowest BCUT2D eigenvalue weighted by Crippen LogP contribution is -2.36. The SMILES string of the molecule is C=Cc1ccc(CO[Si](C)(CCC)OC)cc1. The van der Waals surface area contributed by atoms with Gasteiger partial charge in [-0.25, -0.2) is 0 Å². The van der Waals surface area contributed by atoms with E-state index in [1.165, 1.54) is 5.56 Å². The topological polar surface area (TPSA) is 18.5 Å². The van der Waals surface area contributed by atoms with Gasteiger partial charge in [-0.3, -0.25) is 0 Å². The Balaban J connectivity index is 2.56. The summed E-state index contributed by atoms with van der Waals surface area (Å²) in [6.45, 7) is 8.65. The second-order valence-corrected chi connectivity index (χ2v) is 7.79. The Kier molecular flexibility index (Phi) is 5.61. The quantitative estimate of drug-likeness (QED) is 0.682. The summed E-state index contributed by atoms with van der Waals surface area (Å²) < 4.78 is 11.5. The van der Waals surface area contributed by atoms with Gasteiger partial charge in [0, 0.05) is 7.11 Å². The molecular formula is C14H22O2Si. The van der Waals surface area contributed by atoms with Crippen LogP contribution in [0.3, 0.4) is 0 Å². The van der Waals surface area contributed by atoms with Crippen molar-refractivity contribution in [1.82, 2.24) is 0 Å². The molecule has 1 rings (SSSR count). The Bertz CT molecular complexity index is 348. The first-order valence-electron chi connectivity index (χ1n) is 6.04. The molecule has 0 heterocycles. The summed E-state index contributed by atoms with van der Waals surface area (Å²) in [5, 5.41) is 0. The molecule has 2 nitrogen and oxygen atoms in total. The summed E-state index contributed by atoms with van der Waals surface area (Å²) in [6, 6.07) is 9.30. The van der Waals surface area contributed by atoms with Crippen LogP contribution in [0.4, 0.5) is 0 Å². The van der Waals surface area contributed by atoms with Gasteiger partial charge in [-0.15, -0.1) is 0 Å². The van der Waals surface area contributed by atoms with E-state index in [0.29, 0.717) is 6.61 Å². The molecule has 0 aliphatic carbocycles. The van der Waals surface area contributed by atoms with Crippen LogP contribution in [0.1, 0.15) is 24.5 Å². The molecule has 1 aromatic rings. The molecule has 1 unspecified atom stereocenters. The monoisotopic (exact) mass is 250 g/mol. The van der Waals surface area contributed by atoms with Crippen LogP contribution in [0, 0.1) is 0 Å². The van der Waals surface area contributed by atoms with E-state index in [2.05, 4.69) is 44.3 Å². The van der Waals surface area contributed by atoms with Crippen molar-refractivity contribution in [1.29, 1.82) is 0 Å². The minimum Gasteiger partial charge on any atom is -0.398 e. The fourth-order valence-corrected chi connectivity index (χ4v) is 3.52. The molecule has 0 saturated heterocycles. The third-order valence-electron chi connectivity index (χ3n) is 2.90. The first-order valence-corrected chi connectivity index (χ1v) is 8.56. The van der Waals surface area contributed by atoms with Gasteiger partial charge in [0.15, 0.2) is 0 Å². The van der Waals surface area contributed by atoms with E-state index < -0.39 is 8.56 Å². The summed E-state index contributed by atoms with van der Waals surface area (Å²) in [5.41, 5.74) is 2.32. The summed E-state index contributed by atoms with van der Waals surface area (Å²) >= 11 is 0. The van der Waals surface area contributed by atoms with E-state index in [0.717, 1.165) is 18.0 Å². The maximum Gasteiger partial charge on any atom is 0.334 e. The van der Waals surface area contributed by atoms with Gasteiger partial charge in [0.25, 0.3) is 0 Å². The lowest BCUT2D eigenvalue weighted by molar-refractivity contribution is 0.195. The van der Waals surface area contributed by atoms with Crippen LogP contribution in [-0.4, -0.2) is 15.7 Å². The summed E-state index contributed by atoms with van der Waals surface area (Å²) in [6.07, 6.45) is 2.95. The van der Waals surface area contributed by atoms with Gasteiger partial charge in [-0.05, 0) is 23.7 Å². The molecule has 0 radical (unpaired) electrons. The standard InChI is InChI=1S/C14H22O2Si/c1-5-11-17(4,15-3)16-12-14-9-7-13(6-2)8-10-14/h6-10H,2,5,11-12H2,1,3-4H3. The van der Waals surface area contributed by atoms with E-state index in [1.54, 1.807) is 7.11 Å². The van der Waals surface area contributed by atoms with Crippen LogP contribution in [0.5, 0.6) is 0 Å². The van der Waals surface area contributed by atoms with Gasteiger partial charge >= 0.3 is 8.56 Å². The molecule has 0 aliphatic rings. The van der Waals surface area contributed by atoms with Crippen molar-refractivity contribution in [3.8, 4) is 0 Å². The third-order valence-corrected chi connectivity index (χ3v) is 5.92. The molecule has 17 heavy (non-hydrogen) atoms. The average molecular weight is 250 g/mol. The zero-order valence-electron chi connectivity index (χ0n) is 11.0. The molecule has 0 aromatic heterocycles. The number of hydrogen-bond donors (Lipinski definition) is 0. The average Bonchev–Trinajstić information content (AvgIpc) is 2.37. The highest BCUT2D eigenvalue weighted by molar-refractivity contribution is 6.65. The molecule has 0 spiro atoms. The van der Waals surface area contributed by atoms with Crippen molar-refractivity contribution in [2.45, 2.75) is 32.5 Å². The van der Waals surface area contributed by atoms with Gasteiger partial charge in [0.1, 0.15) is 0 Å². The fourth-order valence-electron chi connectivity index (χ4n) is 1.67. The first-order chi connectivity index (χ1) is 8.13. The van der Waals surface area contributed by atoms with Gasteiger partial charge in [0.2, 0.25) is 0 Å². The van der Waals surface area contributed by atoms with Crippen molar-refractivity contribution >= 4 is 14.6 Å². The molecule has 0 amide bonds. The Morgan fingerprint density at radius 1 is 1.29 bits per heavy atom. The van der Waals surface area contributed by atoms with E-state index in [4.69, 9.17) is 8.85 Å². The highest BCUT2D eigenvalue weighted by atomic mass is 28.4. The first kappa shape index (κ1) is 14.2. The molecular weight excluding hydrogens is 228 g/mol. The van der Waals surface area contributed by atoms with Crippen LogP contribution in [0.25, 0.3) is 6.08 Å². The van der Waals surface area contributed by atoms with Crippen LogP contribution in [-0.2, 0) is 15.5 Å². The maximum atomic E-state index is 5.97. The Morgan fingerprint density at radius 3 is 2.41 bits per heavy atom. The van der Waals surface area contributed by atoms with Gasteiger partial charge in [0.05, 0.1) is 6.61 Å². The second kappa shape index (κ2) is 6.74. The van der Waals surface area contributed by atoms with Crippen LogP contribution >= 0.6 is 0 Å². The van der Waals surface area contributed by atoms with Gasteiger partial charge in [-0.1, -0.05) is 50.3 Å². The molecule has 0 bridgehead atoms. The van der Waals surface area contributed by atoms with E-state index in [9.17, 15) is 0 Å². The predicted octanol–water partition coefficient (Wildman–Crippen LogP) is 3.97. The second-order valence-electron chi connectivity index (χ2n) is 4.32. The summed E-state index contributed by atoms with van der Waals surface area (Å²) in [5.74, 6) is 0. The Hall–Kier alpha value is -0.903. The Morgan fingerprint density at radius 2 is 1.94 bits per heavy atom. The number of rotatable bonds is 7. The van der Waals surface area contributed by atoms with E-state index >= 15 is 0 Å². The number of benzene rings is 1.